The summed E-state index contributed by atoms with van der Waals surface area (Å²) in [5.41, 5.74) is 1.39. The van der Waals surface area contributed by atoms with E-state index in [4.69, 9.17) is 18.9 Å². The Bertz CT molecular complexity index is 898. The zero-order valence-electron chi connectivity index (χ0n) is 17.8. The van der Waals surface area contributed by atoms with Crippen LogP contribution in [0.3, 0.4) is 0 Å². The highest BCUT2D eigenvalue weighted by molar-refractivity contribution is 7.13. The molecule has 10 heteroatoms. The number of nitrogens with zero attached hydrogens (tertiary/aromatic N) is 1. The van der Waals surface area contributed by atoms with Gasteiger partial charge in [-0.15, -0.1) is 11.3 Å². The zero-order chi connectivity index (χ0) is 22.6. The predicted octanol–water partition coefficient (Wildman–Crippen LogP) is 2.37. The first kappa shape index (κ1) is 24.1. The second kappa shape index (κ2) is 12.5. The lowest BCUT2D eigenvalue weighted by Gasteiger charge is -2.08. The SMILES string of the molecule is CCOC(=O)CCCNC(=O)COC(=O)Cc1csc(-c2ccc(OC)c(OC)c2)n1. The molecule has 1 N–H and O–H groups in total. The molecule has 0 aliphatic carbocycles. The molecule has 168 valence electrons. The van der Waals surface area contributed by atoms with E-state index in [2.05, 4.69) is 10.3 Å². The fraction of sp³-hybridized carbons (Fsp3) is 0.429. The van der Waals surface area contributed by atoms with Crippen LogP contribution in [0.15, 0.2) is 23.6 Å². The van der Waals surface area contributed by atoms with Crippen LogP contribution in [0.4, 0.5) is 0 Å². The lowest BCUT2D eigenvalue weighted by Crippen LogP contribution is -2.30. The average molecular weight is 451 g/mol. The van der Waals surface area contributed by atoms with Gasteiger partial charge in [-0.2, -0.15) is 0 Å². The molecule has 0 aliphatic rings. The summed E-state index contributed by atoms with van der Waals surface area (Å²) in [7, 11) is 3.12. The monoisotopic (exact) mass is 450 g/mol. The van der Waals surface area contributed by atoms with Crippen molar-refractivity contribution in [2.75, 3.05) is 34.0 Å². The summed E-state index contributed by atoms with van der Waals surface area (Å²) in [5, 5.41) is 5.08. The number of carbonyl (C=O) groups excluding carboxylic acids is 3. The molecular formula is C21H26N2O7S. The second-order valence-electron chi connectivity index (χ2n) is 6.31. The number of aromatic nitrogens is 1. The molecule has 31 heavy (non-hydrogen) atoms. The minimum Gasteiger partial charge on any atom is -0.493 e. The fourth-order valence-corrected chi connectivity index (χ4v) is 3.40. The van der Waals surface area contributed by atoms with Crippen LogP contribution in [0.25, 0.3) is 10.6 Å². The summed E-state index contributed by atoms with van der Waals surface area (Å²) in [4.78, 5) is 39.4. The van der Waals surface area contributed by atoms with Crippen LogP contribution in [-0.2, 0) is 30.3 Å². The minimum atomic E-state index is -0.550. The molecule has 0 spiro atoms. The van der Waals surface area contributed by atoms with E-state index in [1.165, 1.54) is 11.3 Å². The van der Waals surface area contributed by atoms with Gasteiger partial charge in [0.1, 0.15) is 5.01 Å². The van der Waals surface area contributed by atoms with Crippen molar-refractivity contribution in [3.8, 4) is 22.1 Å². The summed E-state index contributed by atoms with van der Waals surface area (Å²) in [6.07, 6.45) is 0.635. The van der Waals surface area contributed by atoms with Crippen molar-refractivity contribution in [2.45, 2.75) is 26.2 Å². The van der Waals surface area contributed by atoms with Crippen LogP contribution >= 0.6 is 11.3 Å². The maximum absolute atomic E-state index is 12.0. The normalized spacial score (nSPS) is 10.3. The molecule has 0 saturated heterocycles. The molecule has 2 rings (SSSR count). The van der Waals surface area contributed by atoms with Crippen molar-refractivity contribution in [1.82, 2.24) is 10.3 Å². The Kier molecular flexibility index (Phi) is 9.76. The van der Waals surface area contributed by atoms with Gasteiger partial charge in [0.05, 0.1) is 32.9 Å². The molecular weight excluding hydrogens is 424 g/mol. The molecule has 0 atom stereocenters. The van der Waals surface area contributed by atoms with Crippen LogP contribution in [0.1, 0.15) is 25.5 Å². The molecule has 1 amide bonds. The van der Waals surface area contributed by atoms with E-state index in [1.54, 1.807) is 32.6 Å². The van der Waals surface area contributed by atoms with Crippen LogP contribution < -0.4 is 14.8 Å². The number of benzene rings is 1. The van der Waals surface area contributed by atoms with Gasteiger partial charge in [-0.05, 0) is 31.5 Å². The molecule has 0 fully saturated rings. The van der Waals surface area contributed by atoms with Crippen LogP contribution in [0.2, 0.25) is 0 Å². The Morgan fingerprint density at radius 1 is 1.06 bits per heavy atom. The van der Waals surface area contributed by atoms with E-state index < -0.39 is 11.9 Å². The van der Waals surface area contributed by atoms with Crippen molar-refractivity contribution >= 4 is 29.2 Å². The van der Waals surface area contributed by atoms with Gasteiger partial charge in [0.25, 0.3) is 5.91 Å². The molecule has 2 aromatic rings. The molecule has 0 unspecified atom stereocenters. The molecule has 0 saturated carbocycles. The molecule has 0 aliphatic heterocycles. The van der Waals surface area contributed by atoms with Crippen molar-refractivity contribution in [3.05, 3.63) is 29.3 Å². The van der Waals surface area contributed by atoms with Gasteiger partial charge in [-0.3, -0.25) is 14.4 Å². The Labute approximate surface area is 184 Å². The lowest BCUT2D eigenvalue weighted by atomic mass is 10.2. The number of esters is 2. The van der Waals surface area contributed by atoms with Gasteiger partial charge in [0, 0.05) is 23.9 Å². The van der Waals surface area contributed by atoms with E-state index in [9.17, 15) is 14.4 Å². The molecule has 0 radical (unpaired) electrons. The first-order valence-electron chi connectivity index (χ1n) is 9.71. The summed E-state index contributed by atoms with van der Waals surface area (Å²) in [6.45, 7) is 1.98. The van der Waals surface area contributed by atoms with Crippen LogP contribution in [0, 0.1) is 0 Å². The van der Waals surface area contributed by atoms with E-state index in [-0.39, 0.29) is 25.4 Å². The molecule has 1 heterocycles. The summed E-state index contributed by atoms with van der Waals surface area (Å²) >= 11 is 1.39. The van der Waals surface area contributed by atoms with Gasteiger partial charge in [0.15, 0.2) is 18.1 Å². The predicted molar refractivity (Wildman–Crippen MR) is 114 cm³/mol. The van der Waals surface area contributed by atoms with Crippen LogP contribution in [0.5, 0.6) is 11.5 Å². The maximum atomic E-state index is 12.0. The highest BCUT2D eigenvalue weighted by atomic mass is 32.1. The van der Waals surface area contributed by atoms with Crippen molar-refractivity contribution in [2.24, 2.45) is 0 Å². The fourth-order valence-electron chi connectivity index (χ4n) is 2.58. The summed E-state index contributed by atoms with van der Waals surface area (Å²) < 4.78 is 20.3. The standard InChI is InChI=1S/C21H26N2O7S/c1-4-29-19(25)6-5-9-22-18(24)12-30-20(26)11-15-13-31-21(23-15)14-7-8-16(27-2)17(10-14)28-3/h7-8,10,13H,4-6,9,11-12H2,1-3H3,(H,22,24). The van der Waals surface area contributed by atoms with Gasteiger partial charge in [-0.1, -0.05) is 0 Å². The molecule has 1 aromatic carbocycles. The number of carbonyl (C=O) groups is 3. The second-order valence-corrected chi connectivity index (χ2v) is 7.17. The third kappa shape index (κ3) is 7.89. The number of hydrogen-bond acceptors (Lipinski definition) is 9. The van der Waals surface area contributed by atoms with Crippen molar-refractivity contribution in [1.29, 1.82) is 0 Å². The number of thiazole rings is 1. The number of nitrogens with one attached hydrogen (secondary N) is 1. The quantitative estimate of drug-likeness (QED) is 0.387. The van der Waals surface area contributed by atoms with E-state index >= 15 is 0 Å². The number of ether oxygens (including phenoxy) is 4. The Balaban J connectivity index is 1.76. The van der Waals surface area contributed by atoms with Gasteiger partial charge >= 0.3 is 11.9 Å². The van der Waals surface area contributed by atoms with E-state index in [1.807, 2.05) is 12.1 Å². The molecule has 1 aromatic heterocycles. The van der Waals surface area contributed by atoms with E-state index in [0.717, 1.165) is 10.6 Å². The van der Waals surface area contributed by atoms with Crippen LogP contribution in [-0.4, -0.2) is 56.8 Å². The third-order valence-corrected chi connectivity index (χ3v) is 5.00. The molecule has 0 bridgehead atoms. The van der Waals surface area contributed by atoms with E-state index in [0.29, 0.717) is 36.8 Å². The zero-order valence-corrected chi connectivity index (χ0v) is 18.6. The average Bonchev–Trinajstić information content (AvgIpc) is 3.23. The highest BCUT2D eigenvalue weighted by Crippen LogP contribution is 2.33. The summed E-state index contributed by atoms with van der Waals surface area (Å²) in [6, 6.07) is 5.45. The Morgan fingerprint density at radius 3 is 2.55 bits per heavy atom. The third-order valence-electron chi connectivity index (χ3n) is 4.06. The lowest BCUT2D eigenvalue weighted by molar-refractivity contribution is -0.147. The topological polar surface area (TPSA) is 113 Å². The highest BCUT2D eigenvalue weighted by Gasteiger charge is 2.13. The smallest absolute Gasteiger partial charge is 0.312 e. The Hall–Kier alpha value is -3.14. The van der Waals surface area contributed by atoms with Gasteiger partial charge in [0.2, 0.25) is 0 Å². The number of methoxy groups -OCH3 is 2. The minimum absolute atomic E-state index is 0.0417. The Morgan fingerprint density at radius 2 is 1.84 bits per heavy atom. The first-order valence-corrected chi connectivity index (χ1v) is 10.6. The van der Waals surface area contributed by atoms with Crippen molar-refractivity contribution < 1.29 is 33.3 Å². The number of rotatable bonds is 12. The van der Waals surface area contributed by atoms with Crippen molar-refractivity contribution in [3.63, 3.8) is 0 Å². The number of amides is 1. The van der Waals surface area contributed by atoms with Gasteiger partial charge < -0.3 is 24.3 Å². The first-order chi connectivity index (χ1) is 15.0. The molecule has 9 nitrogen and oxygen atoms in total. The largest absolute Gasteiger partial charge is 0.493 e. The van der Waals surface area contributed by atoms with Gasteiger partial charge in [-0.25, -0.2) is 4.98 Å². The number of hydrogen-bond donors (Lipinski definition) is 1. The maximum Gasteiger partial charge on any atom is 0.312 e. The summed E-state index contributed by atoms with van der Waals surface area (Å²) in [5.74, 6) is -0.0820.